The number of hydrogen-bond acceptors (Lipinski definition) is 3. The molecule has 21 heavy (non-hydrogen) atoms. The first-order valence-corrected chi connectivity index (χ1v) is 8.11. The summed E-state index contributed by atoms with van der Waals surface area (Å²) in [6.45, 7) is 5.74. The van der Waals surface area contributed by atoms with Crippen LogP contribution in [0.25, 0.3) is 0 Å². The highest BCUT2D eigenvalue weighted by Crippen LogP contribution is 2.25. The second kappa shape index (κ2) is 8.02. The highest BCUT2D eigenvalue weighted by atomic mass is 32.1. The normalized spacial score (nSPS) is 12.7. The summed E-state index contributed by atoms with van der Waals surface area (Å²) in [5.41, 5.74) is -0.881. The van der Waals surface area contributed by atoms with Crippen molar-refractivity contribution < 1.29 is 14.7 Å². The van der Waals surface area contributed by atoms with Gasteiger partial charge in [0, 0.05) is 23.9 Å². The highest BCUT2D eigenvalue weighted by molar-refractivity contribution is 7.09. The van der Waals surface area contributed by atoms with Crippen molar-refractivity contribution in [1.82, 2.24) is 10.6 Å². The average molecular weight is 312 g/mol. The quantitative estimate of drug-likeness (QED) is 0.690. The molecule has 5 nitrogen and oxygen atoms in total. The van der Waals surface area contributed by atoms with Crippen molar-refractivity contribution in [3.8, 4) is 0 Å². The van der Waals surface area contributed by atoms with Gasteiger partial charge in [-0.2, -0.15) is 0 Å². The Morgan fingerprint density at radius 2 is 2.05 bits per heavy atom. The number of urea groups is 1. The van der Waals surface area contributed by atoms with Gasteiger partial charge in [0.1, 0.15) is 0 Å². The van der Waals surface area contributed by atoms with E-state index in [-0.39, 0.29) is 18.6 Å². The fourth-order valence-electron chi connectivity index (χ4n) is 2.18. The van der Waals surface area contributed by atoms with E-state index in [4.69, 9.17) is 0 Å². The molecule has 0 aliphatic heterocycles. The Hall–Kier alpha value is -1.56. The molecule has 0 aliphatic carbocycles. The zero-order chi connectivity index (χ0) is 15.9. The lowest BCUT2D eigenvalue weighted by atomic mass is 9.82. The van der Waals surface area contributed by atoms with Crippen LogP contribution in [0.1, 0.15) is 38.5 Å². The summed E-state index contributed by atoms with van der Waals surface area (Å²) in [7, 11) is 0. The van der Waals surface area contributed by atoms with Crippen LogP contribution >= 0.6 is 11.3 Å². The monoisotopic (exact) mass is 312 g/mol. The standard InChI is InChI=1S/C15H24N2O3S/c1-4-15(5-2,13(18)19)10-16-14(20)17-11(3)9-12-7-6-8-21-12/h6-8,11H,4-5,9-10H2,1-3H3,(H,18,19)(H2,16,17,20). The molecule has 118 valence electrons. The first-order valence-electron chi connectivity index (χ1n) is 7.23. The molecular formula is C15H24N2O3S. The molecule has 0 fully saturated rings. The van der Waals surface area contributed by atoms with Crippen LogP contribution in [0, 0.1) is 5.41 Å². The summed E-state index contributed by atoms with van der Waals surface area (Å²) in [6, 6.07) is 3.71. The molecule has 1 aromatic heterocycles. The SMILES string of the molecule is CCC(CC)(CNC(=O)NC(C)Cc1cccs1)C(=O)O. The lowest BCUT2D eigenvalue weighted by Gasteiger charge is -2.27. The molecule has 0 aromatic carbocycles. The number of carbonyl (C=O) groups excluding carboxylic acids is 1. The maximum atomic E-state index is 11.9. The average Bonchev–Trinajstić information content (AvgIpc) is 2.92. The third-order valence-corrected chi connectivity index (χ3v) is 4.76. The van der Waals surface area contributed by atoms with E-state index < -0.39 is 11.4 Å². The summed E-state index contributed by atoms with van der Waals surface area (Å²) >= 11 is 1.66. The number of aliphatic carboxylic acids is 1. The van der Waals surface area contributed by atoms with Gasteiger partial charge in [-0.25, -0.2) is 4.79 Å². The van der Waals surface area contributed by atoms with Gasteiger partial charge in [-0.3, -0.25) is 4.79 Å². The van der Waals surface area contributed by atoms with Crippen LogP contribution in [0.5, 0.6) is 0 Å². The largest absolute Gasteiger partial charge is 0.481 e. The van der Waals surface area contributed by atoms with Crippen LogP contribution in [0.3, 0.4) is 0 Å². The molecular weight excluding hydrogens is 288 g/mol. The Balaban J connectivity index is 2.44. The summed E-state index contributed by atoms with van der Waals surface area (Å²) in [4.78, 5) is 24.4. The maximum Gasteiger partial charge on any atom is 0.315 e. The summed E-state index contributed by atoms with van der Waals surface area (Å²) in [5, 5.41) is 16.9. The number of nitrogens with one attached hydrogen (secondary N) is 2. The van der Waals surface area contributed by atoms with E-state index in [1.807, 2.05) is 38.3 Å². The van der Waals surface area contributed by atoms with Gasteiger partial charge in [-0.15, -0.1) is 11.3 Å². The number of carboxylic acid groups (broad SMARTS) is 1. The highest BCUT2D eigenvalue weighted by Gasteiger charge is 2.35. The summed E-state index contributed by atoms with van der Waals surface area (Å²) in [5.74, 6) is -0.862. The first-order chi connectivity index (χ1) is 9.93. The van der Waals surface area contributed by atoms with Gasteiger partial charge in [-0.1, -0.05) is 19.9 Å². The minimum absolute atomic E-state index is 0.00568. The van der Waals surface area contributed by atoms with Gasteiger partial charge in [0.15, 0.2) is 0 Å². The lowest BCUT2D eigenvalue weighted by molar-refractivity contribution is -0.149. The maximum absolute atomic E-state index is 11.9. The molecule has 6 heteroatoms. The van der Waals surface area contributed by atoms with Crippen LogP contribution in [0.15, 0.2) is 17.5 Å². The number of amides is 2. The minimum Gasteiger partial charge on any atom is -0.481 e. The van der Waals surface area contributed by atoms with Gasteiger partial charge >= 0.3 is 12.0 Å². The predicted octanol–water partition coefficient (Wildman–Crippen LogP) is 2.87. The zero-order valence-electron chi connectivity index (χ0n) is 12.8. The molecule has 0 spiro atoms. The van der Waals surface area contributed by atoms with Gasteiger partial charge in [-0.05, 0) is 31.2 Å². The van der Waals surface area contributed by atoms with Crippen molar-refractivity contribution in [1.29, 1.82) is 0 Å². The number of carbonyl (C=O) groups is 2. The van der Waals surface area contributed by atoms with Crippen molar-refractivity contribution in [2.75, 3.05) is 6.54 Å². The Bertz CT molecular complexity index is 455. The van der Waals surface area contributed by atoms with Gasteiger partial charge in [0.2, 0.25) is 0 Å². The number of thiophene rings is 1. The Kier molecular flexibility index (Phi) is 6.68. The van der Waals surface area contributed by atoms with E-state index >= 15 is 0 Å². The molecule has 2 amide bonds. The fraction of sp³-hybridized carbons (Fsp3) is 0.600. The molecule has 0 saturated heterocycles. The second-order valence-electron chi connectivity index (χ2n) is 5.30. The lowest BCUT2D eigenvalue weighted by Crippen LogP contribution is -2.48. The molecule has 0 saturated carbocycles. The molecule has 1 rings (SSSR count). The molecule has 3 N–H and O–H groups in total. The number of hydrogen-bond donors (Lipinski definition) is 3. The van der Waals surface area contributed by atoms with E-state index in [1.165, 1.54) is 4.88 Å². The van der Waals surface area contributed by atoms with Gasteiger partial charge in [0.05, 0.1) is 5.41 Å². The fourth-order valence-corrected chi connectivity index (χ4v) is 3.02. The van der Waals surface area contributed by atoms with Crippen LogP contribution in [0.4, 0.5) is 4.79 Å². The van der Waals surface area contributed by atoms with Crippen molar-refractivity contribution in [3.05, 3.63) is 22.4 Å². The summed E-state index contributed by atoms with van der Waals surface area (Å²) in [6.07, 6.45) is 1.75. The third kappa shape index (κ3) is 5.04. The number of carboxylic acids is 1. The van der Waals surface area contributed by atoms with Crippen LogP contribution in [-0.4, -0.2) is 29.7 Å². The van der Waals surface area contributed by atoms with Crippen molar-refractivity contribution in [2.24, 2.45) is 5.41 Å². The second-order valence-corrected chi connectivity index (χ2v) is 6.34. The van der Waals surface area contributed by atoms with Crippen LogP contribution in [-0.2, 0) is 11.2 Å². The van der Waals surface area contributed by atoms with Crippen molar-refractivity contribution in [2.45, 2.75) is 46.1 Å². The van der Waals surface area contributed by atoms with Gasteiger partial charge in [0.25, 0.3) is 0 Å². The molecule has 1 heterocycles. The van der Waals surface area contributed by atoms with E-state index in [0.29, 0.717) is 12.8 Å². The molecule has 0 radical (unpaired) electrons. The van der Waals surface area contributed by atoms with Crippen LogP contribution in [0.2, 0.25) is 0 Å². The zero-order valence-corrected chi connectivity index (χ0v) is 13.6. The Labute approximate surface area is 129 Å². The molecule has 1 atom stereocenters. The van der Waals surface area contributed by atoms with E-state index in [0.717, 1.165) is 6.42 Å². The summed E-state index contributed by atoms with van der Waals surface area (Å²) < 4.78 is 0. The van der Waals surface area contributed by atoms with E-state index in [2.05, 4.69) is 10.6 Å². The predicted molar refractivity (Wildman–Crippen MR) is 84.7 cm³/mol. The topological polar surface area (TPSA) is 78.4 Å². The van der Waals surface area contributed by atoms with E-state index in [9.17, 15) is 14.7 Å². The minimum atomic E-state index is -0.881. The smallest absolute Gasteiger partial charge is 0.315 e. The van der Waals surface area contributed by atoms with E-state index in [1.54, 1.807) is 11.3 Å². The third-order valence-electron chi connectivity index (χ3n) is 3.86. The molecule has 0 bridgehead atoms. The van der Waals surface area contributed by atoms with Gasteiger partial charge < -0.3 is 15.7 Å². The van der Waals surface area contributed by atoms with Crippen molar-refractivity contribution >= 4 is 23.3 Å². The molecule has 0 aliphatic rings. The molecule has 1 unspecified atom stereocenters. The number of rotatable bonds is 8. The Morgan fingerprint density at radius 1 is 1.38 bits per heavy atom. The van der Waals surface area contributed by atoms with Crippen LogP contribution < -0.4 is 10.6 Å². The first kappa shape index (κ1) is 17.5. The van der Waals surface area contributed by atoms with Crippen molar-refractivity contribution in [3.63, 3.8) is 0 Å². The Morgan fingerprint density at radius 3 is 2.52 bits per heavy atom. The molecule has 1 aromatic rings.